The van der Waals surface area contributed by atoms with Crippen molar-refractivity contribution in [2.45, 2.75) is 0 Å². The standard InChI is InChI=1S/C51H31N3OS/c1-3-14-32(15-4-1)49-52-50(33-16-5-2-6-17-33)54-51(53-49)37-21-12-20-36(29-37)43-30-38(31-45-47(43)42-23-7-9-26-44(42)55-45)34-18-11-19-35(28-34)39-24-13-25-41-40-22-8-10-27-46(40)56-48(39)41/h1-31H. The fraction of sp³-hybridized carbons (Fsp3) is 0. The predicted molar refractivity (Wildman–Crippen MR) is 233 cm³/mol. The van der Waals surface area contributed by atoms with Crippen LogP contribution in [0, 0.1) is 0 Å². The molecule has 0 saturated heterocycles. The third-order valence-corrected chi connectivity index (χ3v) is 11.7. The van der Waals surface area contributed by atoms with Gasteiger partial charge in [0.05, 0.1) is 0 Å². The van der Waals surface area contributed by atoms with Crippen LogP contribution in [0.2, 0.25) is 0 Å². The van der Waals surface area contributed by atoms with Crippen LogP contribution in [0.4, 0.5) is 0 Å². The van der Waals surface area contributed by atoms with E-state index in [0.29, 0.717) is 17.5 Å². The van der Waals surface area contributed by atoms with Gasteiger partial charge in [-0.2, -0.15) is 0 Å². The van der Waals surface area contributed by atoms with E-state index in [1.165, 1.54) is 31.3 Å². The Labute approximate surface area is 327 Å². The second-order valence-corrected chi connectivity index (χ2v) is 15.0. The van der Waals surface area contributed by atoms with Crippen LogP contribution in [0.5, 0.6) is 0 Å². The van der Waals surface area contributed by atoms with E-state index in [-0.39, 0.29) is 0 Å². The van der Waals surface area contributed by atoms with Crippen LogP contribution in [0.1, 0.15) is 0 Å². The van der Waals surface area contributed by atoms with Gasteiger partial charge < -0.3 is 4.42 Å². The van der Waals surface area contributed by atoms with E-state index >= 15 is 0 Å². The average Bonchev–Trinajstić information content (AvgIpc) is 3.85. The van der Waals surface area contributed by atoms with Gasteiger partial charge in [-0.1, -0.05) is 152 Å². The summed E-state index contributed by atoms with van der Waals surface area (Å²) in [5, 5.41) is 4.76. The molecule has 0 fully saturated rings. The summed E-state index contributed by atoms with van der Waals surface area (Å²) >= 11 is 1.86. The monoisotopic (exact) mass is 733 g/mol. The van der Waals surface area contributed by atoms with Crippen LogP contribution in [-0.2, 0) is 0 Å². The number of fused-ring (bicyclic) bond motifs is 6. The highest BCUT2D eigenvalue weighted by Crippen LogP contribution is 2.43. The maximum atomic E-state index is 6.60. The number of aromatic nitrogens is 3. The molecule has 11 aromatic rings. The van der Waals surface area contributed by atoms with Gasteiger partial charge in [-0.15, -0.1) is 11.3 Å². The quantitative estimate of drug-likeness (QED) is 0.171. The molecule has 4 nitrogen and oxygen atoms in total. The molecule has 0 aliphatic carbocycles. The zero-order valence-corrected chi connectivity index (χ0v) is 30.9. The Hall–Kier alpha value is -7.21. The highest BCUT2D eigenvalue weighted by molar-refractivity contribution is 7.26. The maximum absolute atomic E-state index is 6.60. The van der Waals surface area contributed by atoms with Crippen molar-refractivity contribution in [3.8, 4) is 67.5 Å². The van der Waals surface area contributed by atoms with Gasteiger partial charge in [-0.05, 0) is 69.8 Å². The minimum atomic E-state index is 0.618. The molecule has 8 aromatic carbocycles. The molecule has 0 N–H and O–H groups in total. The van der Waals surface area contributed by atoms with Crippen molar-refractivity contribution >= 4 is 53.4 Å². The first-order valence-corrected chi connectivity index (χ1v) is 19.5. The first-order chi connectivity index (χ1) is 27.7. The summed E-state index contributed by atoms with van der Waals surface area (Å²) < 4.78 is 9.21. The van der Waals surface area contributed by atoms with Crippen LogP contribution in [0.25, 0.3) is 110 Å². The molecule has 0 unspecified atom stereocenters. The number of para-hydroxylation sites is 1. The second-order valence-electron chi connectivity index (χ2n) is 14.0. The SMILES string of the molecule is c1ccc(-c2nc(-c3ccccc3)nc(-c3cccc(-c4cc(-c5cccc(-c6cccc7c6sc6ccccc67)c5)cc5oc6ccccc6c45)c3)n2)cc1. The molecule has 56 heavy (non-hydrogen) atoms. The molecule has 5 heteroatoms. The predicted octanol–water partition coefficient (Wildman–Crippen LogP) is 14.1. The van der Waals surface area contributed by atoms with E-state index in [9.17, 15) is 0 Å². The average molecular weight is 734 g/mol. The van der Waals surface area contributed by atoms with Gasteiger partial charge in [-0.25, -0.2) is 15.0 Å². The largest absolute Gasteiger partial charge is 0.456 e. The van der Waals surface area contributed by atoms with Crippen LogP contribution in [-0.4, -0.2) is 15.0 Å². The van der Waals surface area contributed by atoms with E-state index < -0.39 is 0 Å². The zero-order chi connectivity index (χ0) is 37.0. The third-order valence-electron chi connectivity index (χ3n) is 10.5. The molecule has 262 valence electrons. The number of rotatable bonds is 6. The lowest BCUT2D eigenvalue weighted by atomic mass is 9.92. The zero-order valence-electron chi connectivity index (χ0n) is 30.1. The summed E-state index contributed by atoms with van der Waals surface area (Å²) in [6.07, 6.45) is 0. The summed E-state index contributed by atoms with van der Waals surface area (Å²) in [7, 11) is 0. The molecule has 11 rings (SSSR count). The van der Waals surface area contributed by atoms with Crippen molar-refractivity contribution in [3.63, 3.8) is 0 Å². The normalized spacial score (nSPS) is 11.6. The van der Waals surface area contributed by atoms with Crippen molar-refractivity contribution in [2.75, 3.05) is 0 Å². The van der Waals surface area contributed by atoms with Crippen molar-refractivity contribution < 1.29 is 4.42 Å². The lowest BCUT2D eigenvalue weighted by Gasteiger charge is -2.12. The Bertz CT molecular complexity index is 3200. The molecule has 0 amide bonds. The molecule has 0 aliphatic rings. The first-order valence-electron chi connectivity index (χ1n) is 18.7. The fourth-order valence-electron chi connectivity index (χ4n) is 7.85. The van der Waals surface area contributed by atoms with Crippen molar-refractivity contribution in [1.29, 1.82) is 0 Å². The number of hydrogen-bond donors (Lipinski definition) is 0. The Morgan fingerprint density at radius 3 is 1.62 bits per heavy atom. The van der Waals surface area contributed by atoms with E-state index in [2.05, 4.69) is 115 Å². The van der Waals surface area contributed by atoms with Crippen molar-refractivity contribution in [2.24, 2.45) is 0 Å². The van der Waals surface area contributed by atoms with Gasteiger partial charge >= 0.3 is 0 Å². The minimum Gasteiger partial charge on any atom is -0.456 e. The Morgan fingerprint density at radius 2 is 0.875 bits per heavy atom. The Kier molecular flexibility index (Phi) is 7.64. The number of hydrogen-bond acceptors (Lipinski definition) is 5. The first kappa shape index (κ1) is 32.2. The van der Waals surface area contributed by atoms with Crippen LogP contribution < -0.4 is 0 Å². The number of furan rings is 1. The molecular weight excluding hydrogens is 703 g/mol. The highest BCUT2D eigenvalue weighted by atomic mass is 32.1. The molecule has 0 aliphatic heterocycles. The molecule has 3 heterocycles. The maximum Gasteiger partial charge on any atom is 0.164 e. The van der Waals surface area contributed by atoms with Gasteiger partial charge in [0.25, 0.3) is 0 Å². The molecular formula is C51H31N3OS. The molecule has 0 bridgehead atoms. The fourth-order valence-corrected chi connectivity index (χ4v) is 9.09. The van der Waals surface area contributed by atoms with Crippen LogP contribution >= 0.6 is 11.3 Å². The molecule has 0 spiro atoms. The van der Waals surface area contributed by atoms with Gasteiger partial charge in [0.2, 0.25) is 0 Å². The number of nitrogens with zero attached hydrogens (tertiary/aromatic N) is 3. The van der Waals surface area contributed by atoms with Gasteiger partial charge in [0.15, 0.2) is 17.5 Å². The summed E-state index contributed by atoms with van der Waals surface area (Å²) in [5.74, 6) is 1.89. The van der Waals surface area contributed by atoms with Crippen LogP contribution in [0.3, 0.4) is 0 Å². The lowest BCUT2D eigenvalue weighted by molar-refractivity contribution is 0.669. The van der Waals surface area contributed by atoms with E-state index in [1.54, 1.807) is 0 Å². The molecule has 0 atom stereocenters. The smallest absolute Gasteiger partial charge is 0.164 e. The van der Waals surface area contributed by atoms with Gasteiger partial charge in [-0.3, -0.25) is 0 Å². The number of benzene rings is 8. The van der Waals surface area contributed by atoms with Crippen LogP contribution in [0.15, 0.2) is 192 Å². The van der Waals surface area contributed by atoms with Gasteiger partial charge in [0, 0.05) is 47.6 Å². The van der Waals surface area contributed by atoms with E-state index in [1.807, 2.05) is 84.1 Å². The Balaban J connectivity index is 1.08. The summed E-state index contributed by atoms with van der Waals surface area (Å²) in [6.45, 7) is 0. The minimum absolute atomic E-state index is 0.618. The summed E-state index contributed by atoms with van der Waals surface area (Å²) in [5.41, 5.74) is 11.3. The van der Waals surface area contributed by atoms with Crippen molar-refractivity contribution in [3.05, 3.63) is 188 Å². The third kappa shape index (κ3) is 5.56. The number of thiophene rings is 1. The highest BCUT2D eigenvalue weighted by Gasteiger charge is 2.18. The second kappa shape index (κ2) is 13.3. The van der Waals surface area contributed by atoms with Gasteiger partial charge in [0.1, 0.15) is 11.2 Å². The molecule has 0 saturated carbocycles. The summed E-state index contributed by atoms with van der Waals surface area (Å²) in [4.78, 5) is 15.0. The topological polar surface area (TPSA) is 51.8 Å². The van der Waals surface area contributed by atoms with E-state index in [0.717, 1.165) is 60.9 Å². The lowest BCUT2D eigenvalue weighted by Crippen LogP contribution is -2.00. The Morgan fingerprint density at radius 1 is 0.339 bits per heavy atom. The molecule has 3 aromatic heterocycles. The van der Waals surface area contributed by atoms with Crippen molar-refractivity contribution in [1.82, 2.24) is 15.0 Å². The molecule has 0 radical (unpaired) electrons. The van der Waals surface area contributed by atoms with E-state index in [4.69, 9.17) is 19.4 Å². The summed E-state index contributed by atoms with van der Waals surface area (Å²) in [6, 6.07) is 65.7.